The van der Waals surface area contributed by atoms with Gasteiger partial charge in [0, 0.05) is 19.2 Å². The predicted molar refractivity (Wildman–Crippen MR) is 117 cm³/mol. The Morgan fingerprint density at radius 1 is 1.18 bits per heavy atom. The fraction of sp³-hybridized carbons (Fsp3) is 0.333. The fourth-order valence-electron chi connectivity index (χ4n) is 3.40. The third-order valence-corrected chi connectivity index (χ3v) is 6.04. The number of nitrogens with one attached hydrogen (secondary N) is 1. The van der Waals surface area contributed by atoms with E-state index >= 15 is 0 Å². The van der Waals surface area contributed by atoms with Gasteiger partial charge in [0.1, 0.15) is 0 Å². The smallest absolute Gasteiger partial charge is 0.416 e. The van der Waals surface area contributed by atoms with Crippen LogP contribution in [0.3, 0.4) is 0 Å². The van der Waals surface area contributed by atoms with Crippen LogP contribution in [0, 0.1) is 10.1 Å². The second-order valence-electron chi connectivity index (χ2n) is 7.19. The summed E-state index contributed by atoms with van der Waals surface area (Å²) in [4.78, 5) is 36.8. The molecule has 1 saturated heterocycles. The van der Waals surface area contributed by atoms with Crippen molar-refractivity contribution in [3.8, 4) is 0 Å². The van der Waals surface area contributed by atoms with E-state index in [2.05, 4.69) is 10.2 Å². The van der Waals surface area contributed by atoms with Crippen LogP contribution in [0.15, 0.2) is 41.3 Å². The summed E-state index contributed by atoms with van der Waals surface area (Å²) in [7, 11) is 1.24. The molecular formula is C21H20F3N3O5S. The van der Waals surface area contributed by atoms with Crippen LogP contribution in [-0.4, -0.2) is 42.8 Å². The highest BCUT2D eigenvalue weighted by Crippen LogP contribution is 2.37. The average molecular weight is 483 g/mol. The zero-order valence-electron chi connectivity index (χ0n) is 17.5. The van der Waals surface area contributed by atoms with E-state index in [-0.39, 0.29) is 16.2 Å². The molecule has 2 aromatic rings. The number of esters is 1. The largest absolute Gasteiger partial charge is 0.465 e. The van der Waals surface area contributed by atoms with Gasteiger partial charge >= 0.3 is 12.1 Å². The van der Waals surface area contributed by atoms with Gasteiger partial charge in [-0.25, -0.2) is 4.79 Å². The van der Waals surface area contributed by atoms with E-state index in [9.17, 15) is 32.9 Å². The van der Waals surface area contributed by atoms with Gasteiger partial charge in [0.2, 0.25) is 5.91 Å². The lowest BCUT2D eigenvalue weighted by atomic mass is 10.1. The van der Waals surface area contributed by atoms with Crippen LogP contribution in [0.2, 0.25) is 0 Å². The molecule has 3 rings (SSSR count). The zero-order chi connectivity index (χ0) is 24.2. The maximum Gasteiger partial charge on any atom is 0.416 e. The van der Waals surface area contributed by atoms with Crippen molar-refractivity contribution in [2.24, 2.45) is 0 Å². The van der Waals surface area contributed by atoms with Gasteiger partial charge in [-0.1, -0.05) is 0 Å². The number of amides is 1. The number of hydrogen-bond acceptors (Lipinski definition) is 7. The van der Waals surface area contributed by atoms with Gasteiger partial charge < -0.3 is 15.0 Å². The van der Waals surface area contributed by atoms with Crippen molar-refractivity contribution in [1.29, 1.82) is 0 Å². The number of rotatable bonds is 7. The van der Waals surface area contributed by atoms with Crippen LogP contribution in [0.25, 0.3) is 0 Å². The molecule has 2 aromatic carbocycles. The summed E-state index contributed by atoms with van der Waals surface area (Å²) in [5.41, 5.74) is -0.529. The first-order valence-electron chi connectivity index (χ1n) is 9.85. The summed E-state index contributed by atoms with van der Waals surface area (Å²) in [5, 5.41) is 13.9. The number of nitro benzene ring substituents is 1. The molecule has 0 unspecified atom stereocenters. The number of methoxy groups -OCH3 is 1. The molecule has 33 heavy (non-hydrogen) atoms. The van der Waals surface area contributed by atoms with Crippen molar-refractivity contribution >= 4 is 40.7 Å². The first-order chi connectivity index (χ1) is 15.6. The highest BCUT2D eigenvalue weighted by atomic mass is 32.2. The van der Waals surface area contributed by atoms with Crippen molar-refractivity contribution in [3.05, 3.63) is 57.6 Å². The third kappa shape index (κ3) is 5.95. The molecule has 0 atom stereocenters. The highest BCUT2D eigenvalue weighted by molar-refractivity contribution is 8.00. The van der Waals surface area contributed by atoms with E-state index in [1.165, 1.54) is 13.2 Å². The van der Waals surface area contributed by atoms with E-state index in [4.69, 9.17) is 4.74 Å². The summed E-state index contributed by atoms with van der Waals surface area (Å²) in [6.45, 7) is 1.57. The molecule has 1 aliphatic heterocycles. The van der Waals surface area contributed by atoms with Crippen LogP contribution in [0.4, 0.5) is 30.2 Å². The number of nitrogens with zero attached hydrogens (tertiary/aromatic N) is 2. The van der Waals surface area contributed by atoms with E-state index in [0.29, 0.717) is 11.8 Å². The van der Waals surface area contributed by atoms with Crippen LogP contribution in [-0.2, 0) is 15.7 Å². The normalized spacial score (nSPS) is 13.6. The number of nitro groups is 1. The van der Waals surface area contributed by atoms with E-state index in [1.807, 2.05) is 0 Å². The van der Waals surface area contributed by atoms with Gasteiger partial charge in [0.15, 0.2) is 0 Å². The number of thioether (sulfide) groups is 1. The lowest BCUT2D eigenvalue weighted by Gasteiger charge is -2.22. The standard InChI is InChI=1S/C21H20F3N3O5S/c1-32-20(29)13-4-6-16(26-8-2-3-9-26)15(10-13)25-19(28)12-33-18-7-5-14(21(22,23)24)11-17(18)27(30)31/h4-7,10-11H,2-3,8-9,12H2,1H3,(H,25,28). The van der Waals surface area contributed by atoms with Crippen LogP contribution < -0.4 is 10.2 Å². The molecule has 0 aliphatic carbocycles. The van der Waals surface area contributed by atoms with Gasteiger partial charge in [-0.3, -0.25) is 14.9 Å². The third-order valence-electron chi connectivity index (χ3n) is 4.98. The number of benzene rings is 2. The quantitative estimate of drug-likeness (QED) is 0.263. The van der Waals surface area contributed by atoms with E-state index in [0.717, 1.165) is 55.5 Å². The van der Waals surface area contributed by atoms with Crippen molar-refractivity contribution in [2.75, 3.05) is 36.2 Å². The topological polar surface area (TPSA) is 102 Å². The number of hydrogen-bond donors (Lipinski definition) is 1. The summed E-state index contributed by atoms with van der Waals surface area (Å²) in [6.07, 6.45) is -2.75. The lowest BCUT2D eigenvalue weighted by Crippen LogP contribution is -2.22. The minimum atomic E-state index is -4.72. The molecule has 1 amide bonds. The molecule has 0 bridgehead atoms. The molecule has 1 heterocycles. The van der Waals surface area contributed by atoms with E-state index < -0.39 is 34.2 Å². The first kappa shape index (κ1) is 24.4. The Balaban J connectivity index is 1.78. The molecule has 1 N–H and O–H groups in total. The highest BCUT2D eigenvalue weighted by Gasteiger charge is 2.33. The molecule has 0 spiro atoms. The van der Waals surface area contributed by atoms with Crippen molar-refractivity contribution < 1.29 is 32.4 Å². The van der Waals surface area contributed by atoms with Gasteiger partial charge in [0.25, 0.3) is 5.69 Å². The Morgan fingerprint density at radius 3 is 2.48 bits per heavy atom. The number of ether oxygens (including phenoxy) is 1. The summed E-state index contributed by atoms with van der Waals surface area (Å²) >= 11 is 0.749. The molecule has 12 heteroatoms. The molecule has 0 saturated carbocycles. The monoisotopic (exact) mass is 483 g/mol. The van der Waals surface area contributed by atoms with Gasteiger partial charge in [-0.05, 0) is 43.2 Å². The molecule has 8 nitrogen and oxygen atoms in total. The molecule has 1 fully saturated rings. The Labute approximate surface area is 191 Å². The Bertz CT molecular complexity index is 1070. The number of anilines is 2. The maximum absolute atomic E-state index is 12.9. The second kappa shape index (κ2) is 10.1. The van der Waals surface area contributed by atoms with Gasteiger partial charge in [0.05, 0.1) is 45.2 Å². The Morgan fingerprint density at radius 2 is 1.88 bits per heavy atom. The molecule has 1 aliphatic rings. The van der Waals surface area contributed by atoms with E-state index in [1.54, 1.807) is 12.1 Å². The molecule has 0 aromatic heterocycles. The van der Waals surface area contributed by atoms with Crippen LogP contribution in [0.1, 0.15) is 28.8 Å². The molecule has 0 radical (unpaired) electrons. The van der Waals surface area contributed by atoms with Gasteiger partial charge in [-0.2, -0.15) is 13.2 Å². The van der Waals surface area contributed by atoms with Gasteiger partial charge in [-0.15, -0.1) is 11.8 Å². The SMILES string of the molecule is COC(=O)c1ccc(N2CCCC2)c(NC(=O)CSc2ccc(C(F)(F)F)cc2[N+](=O)[O-])c1. The van der Waals surface area contributed by atoms with Crippen molar-refractivity contribution in [2.45, 2.75) is 23.9 Å². The second-order valence-corrected chi connectivity index (χ2v) is 8.21. The Hall–Kier alpha value is -3.28. The fourth-order valence-corrected chi connectivity index (χ4v) is 4.21. The summed E-state index contributed by atoms with van der Waals surface area (Å²) in [5.74, 6) is -1.39. The van der Waals surface area contributed by atoms with Crippen molar-refractivity contribution in [1.82, 2.24) is 0 Å². The maximum atomic E-state index is 12.9. The van der Waals surface area contributed by atoms with Crippen molar-refractivity contribution in [3.63, 3.8) is 0 Å². The summed E-state index contributed by atoms with van der Waals surface area (Å²) < 4.78 is 43.3. The minimum Gasteiger partial charge on any atom is -0.465 e. The van der Waals surface area contributed by atoms with Crippen LogP contribution >= 0.6 is 11.8 Å². The number of halogens is 3. The lowest BCUT2D eigenvalue weighted by molar-refractivity contribution is -0.388. The molecule has 176 valence electrons. The molecular weight excluding hydrogens is 463 g/mol. The minimum absolute atomic E-state index is 0.0637. The average Bonchev–Trinajstić information content (AvgIpc) is 3.31. The number of carbonyl (C=O) groups excluding carboxylic acids is 2. The summed E-state index contributed by atoms with van der Waals surface area (Å²) in [6, 6.07) is 6.95. The number of alkyl halides is 3. The number of carbonyl (C=O) groups is 2. The first-order valence-corrected chi connectivity index (χ1v) is 10.8. The zero-order valence-corrected chi connectivity index (χ0v) is 18.3. The van der Waals surface area contributed by atoms with Crippen LogP contribution in [0.5, 0.6) is 0 Å². The Kier molecular flexibility index (Phi) is 7.46. The predicted octanol–water partition coefficient (Wildman–Crippen LogP) is 4.73.